The second kappa shape index (κ2) is 5.92. The summed E-state index contributed by atoms with van der Waals surface area (Å²) in [7, 11) is 0. The highest BCUT2D eigenvalue weighted by Gasteiger charge is 2.23. The molecule has 94 valence electrons. The van der Waals surface area contributed by atoms with Crippen molar-refractivity contribution in [3.63, 3.8) is 0 Å². The predicted molar refractivity (Wildman–Crippen MR) is 70.6 cm³/mol. The maximum Gasteiger partial charge on any atom is 0.230 e. The van der Waals surface area contributed by atoms with Crippen LogP contribution in [0.3, 0.4) is 0 Å². The molecule has 1 aliphatic rings. The molecule has 1 aliphatic carbocycles. The summed E-state index contributed by atoms with van der Waals surface area (Å²) in [6, 6.07) is 0.346. The monoisotopic (exact) mass is 244 g/mol. The average Bonchev–Trinajstić information content (AvgIpc) is 2.18. The molecule has 2 atom stereocenters. The Morgan fingerprint density at radius 1 is 1.38 bits per heavy atom. The molecule has 0 aromatic carbocycles. The van der Waals surface area contributed by atoms with Crippen LogP contribution in [0.15, 0.2) is 0 Å². The van der Waals surface area contributed by atoms with E-state index in [1.165, 1.54) is 12.8 Å². The van der Waals surface area contributed by atoms with E-state index in [1.54, 1.807) is 11.8 Å². The van der Waals surface area contributed by atoms with Gasteiger partial charge in [-0.25, -0.2) is 0 Å². The van der Waals surface area contributed by atoms with Crippen LogP contribution in [0, 0.1) is 0 Å². The van der Waals surface area contributed by atoms with Crippen LogP contribution in [0.5, 0.6) is 0 Å². The Bertz CT molecular complexity index is 238. The van der Waals surface area contributed by atoms with Crippen molar-refractivity contribution in [1.82, 2.24) is 5.32 Å². The first-order valence-corrected chi connectivity index (χ1v) is 7.06. The number of amides is 1. The molecule has 0 saturated heterocycles. The molecule has 0 unspecified atom stereocenters. The first-order chi connectivity index (χ1) is 7.38. The van der Waals surface area contributed by atoms with E-state index in [0.717, 1.165) is 12.8 Å². The van der Waals surface area contributed by atoms with Crippen molar-refractivity contribution in [1.29, 1.82) is 0 Å². The highest BCUT2D eigenvalue weighted by molar-refractivity contribution is 8.01. The number of nitrogens with two attached hydrogens (primary N) is 1. The minimum atomic E-state index is 0.127. The third kappa shape index (κ3) is 5.21. The normalized spacial score (nSPS) is 26.5. The van der Waals surface area contributed by atoms with E-state index in [1.807, 2.05) is 0 Å². The molecule has 0 aromatic rings. The number of rotatable bonds is 3. The van der Waals surface area contributed by atoms with E-state index >= 15 is 0 Å². The van der Waals surface area contributed by atoms with Gasteiger partial charge in [0.15, 0.2) is 0 Å². The molecule has 0 radical (unpaired) electrons. The van der Waals surface area contributed by atoms with E-state index in [-0.39, 0.29) is 22.7 Å². The maximum atomic E-state index is 11.7. The number of hydrogen-bond acceptors (Lipinski definition) is 3. The molecule has 1 saturated carbocycles. The van der Waals surface area contributed by atoms with Crippen molar-refractivity contribution >= 4 is 17.7 Å². The minimum absolute atomic E-state index is 0.127. The van der Waals surface area contributed by atoms with Gasteiger partial charge in [-0.2, -0.15) is 0 Å². The van der Waals surface area contributed by atoms with Gasteiger partial charge in [-0.3, -0.25) is 4.79 Å². The van der Waals surface area contributed by atoms with E-state index in [9.17, 15) is 4.79 Å². The molecular formula is C12H24N2OS. The maximum absolute atomic E-state index is 11.7. The molecular weight excluding hydrogens is 220 g/mol. The zero-order valence-corrected chi connectivity index (χ0v) is 11.4. The zero-order chi connectivity index (χ0) is 12.2. The summed E-state index contributed by atoms with van der Waals surface area (Å²) in [5.74, 6) is 0.662. The van der Waals surface area contributed by atoms with Crippen LogP contribution >= 0.6 is 11.8 Å². The van der Waals surface area contributed by atoms with Crippen molar-refractivity contribution in [2.24, 2.45) is 5.73 Å². The molecule has 16 heavy (non-hydrogen) atoms. The number of nitrogens with one attached hydrogen (secondary N) is 1. The minimum Gasteiger partial charge on any atom is -0.351 e. The number of thioether (sulfide) groups is 1. The Hall–Kier alpha value is -0.220. The lowest BCUT2D eigenvalue weighted by Gasteiger charge is -2.29. The number of carbonyl (C=O) groups is 1. The van der Waals surface area contributed by atoms with Crippen molar-refractivity contribution in [2.45, 2.75) is 63.3 Å². The Kier molecular flexibility index (Phi) is 5.12. The summed E-state index contributed by atoms with van der Waals surface area (Å²) in [6.45, 7) is 6.37. The van der Waals surface area contributed by atoms with Gasteiger partial charge in [0, 0.05) is 16.8 Å². The van der Waals surface area contributed by atoms with E-state index < -0.39 is 0 Å². The number of carbonyl (C=O) groups excluding carboxylic acids is 1. The molecule has 0 heterocycles. The van der Waals surface area contributed by atoms with Gasteiger partial charge in [0.05, 0.1) is 5.75 Å². The van der Waals surface area contributed by atoms with Gasteiger partial charge in [-0.1, -0.05) is 33.6 Å². The van der Waals surface area contributed by atoms with Crippen molar-refractivity contribution < 1.29 is 4.79 Å². The van der Waals surface area contributed by atoms with Crippen LogP contribution in [0.2, 0.25) is 0 Å². The van der Waals surface area contributed by atoms with Gasteiger partial charge in [-0.15, -0.1) is 11.8 Å². The third-order valence-electron chi connectivity index (χ3n) is 2.80. The predicted octanol–water partition coefficient (Wildman–Crippen LogP) is 1.90. The smallest absolute Gasteiger partial charge is 0.230 e. The zero-order valence-electron chi connectivity index (χ0n) is 10.6. The topological polar surface area (TPSA) is 55.1 Å². The van der Waals surface area contributed by atoms with Crippen LogP contribution in [0.1, 0.15) is 46.5 Å². The van der Waals surface area contributed by atoms with Gasteiger partial charge in [0.25, 0.3) is 0 Å². The molecule has 0 spiro atoms. The quantitative estimate of drug-likeness (QED) is 0.797. The van der Waals surface area contributed by atoms with E-state index in [2.05, 4.69) is 26.1 Å². The Labute approximate surface area is 103 Å². The number of hydrogen-bond donors (Lipinski definition) is 2. The molecule has 1 rings (SSSR count). The summed E-state index contributed by atoms with van der Waals surface area (Å²) in [5.41, 5.74) is 5.99. The summed E-state index contributed by atoms with van der Waals surface area (Å²) in [6.07, 6.45) is 4.46. The molecule has 1 amide bonds. The van der Waals surface area contributed by atoms with Gasteiger partial charge >= 0.3 is 0 Å². The van der Waals surface area contributed by atoms with Gasteiger partial charge < -0.3 is 11.1 Å². The molecule has 0 aliphatic heterocycles. The average molecular weight is 244 g/mol. The highest BCUT2D eigenvalue weighted by Crippen LogP contribution is 2.23. The fourth-order valence-electron chi connectivity index (χ4n) is 1.87. The highest BCUT2D eigenvalue weighted by atomic mass is 32.2. The van der Waals surface area contributed by atoms with Gasteiger partial charge in [-0.05, 0) is 12.8 Å². The molecule has 4 heteroatoms. The van der Waals surface area contributed by atoms with Crippen LogP contribution in [0.25, 0.3) is 0 Å². The van der Waals surface area contributed by atoms with E-state index in [0.29, 0.717) is 5.75 Å². The Morgan fingerprint density at radius 2 is 2.00 bits per heavy atom. The molecule has 3 nitrogen and oxygen atoms in total. The fraction of sp³-hybridized carbons (Fsp3) is 0.917. The standard InChI is InChI=1S/C12H24N2OS/c1-12(2,3)16-8-11(15)14-10-7-5-4-6-9(10)13/h9-10H,4-8,13H2,1-3H3,(H,14,15)/t9-,10-/m1/s1. The van der Waals surface area contributed by atoms with Crippen LogP contribution in [0.4, 0.5) is 0 Å². The first-order valence-electron chi connectivity index (χ1n) is 6.07. The third-order valence-corrected chi connectivity index (χ3v) is 4.07. The van der Waals surface area contributed by atoms with Crippen LogP contribution < -0.4 is 11.1 Å². The second-order valence-electron chi connectivity index (χ2n) is 5.52. The molecule has 3 N–H and O–H groups in total. The Balaban J connectivity index is 2.28. The van der Waals surface area contributed by atoms with Crippen LogP contribution in [-0.4, -0.2) is 28.5 Å². The lowest BCUT2D eigenvalue weighted by Crippen LogP contribution is -2.49. The fourth-order valence-corrected chi connectivity index (χ4v) is 2.52. The van der Waals surface area contributed by atoms with Gasteiger partial charge in [0.2, 0.25) is 5.91 Å². The summed E-state index contributed by atoms with van der Waals surface area (Å²) in [5, 5.41) is 3.06. The molecule has 0 bridgehead atoms. The largest absolute Gasteiger partial charge is 0.351 e. The van der Waals surface area contributed by atoms with Gasteiger partial charge in [0.1, 0.15) is 0 Å². The molecule has 1 fully saturated rings. The van der Waals surface area contributed by atoms with Crippen molar-refractivity contribution in [3.05, 3.63) is 0 Å². The van der Waals surface area contributed by atoms with Crippen molar-refractivity contribution in [2.75, 3.05) is 5.75 Å². The van der Waals surface area contributed by atoms with Crippen molar-refractivity contribution in [3.8, 4) is 0 Å². The van der Waals surface area contributed by atoms with E-state index in [4.69, 9.17) is 5.73 Å². The lowest BCUT2D eigenvalue weighted by atomic mass is 9.91. The Morgan fingerprint density at radius 3 is 2.56 bits per heavy atom. The second-order valence-corrected chi connectivity index (χ2v) is 7.33. The summed E-state index contributed by atoms with van der Waals surface area (Å²) < 4.78 is 0.145. The lowest BCUT2D eigenvalue weighted by molar-refractivity contribution is -0.119. The summed E-state index contributed by atoms with van der Waals surface area (Å²) >= 11 is 1.68. The van der Waals surface area contributed by atoms with Crippen LogP contribution in [-0.2, 0) is 4.79 Å². The summed E-state index contributed by atoms with van der Waals surface area (Å²) in [4.78, 5) is 11.7. The first kappa shape index (κ1) is 13.8. The SMILES string of the molecule is CC(C)(C)SCC(=O)N[C@@H]1CCCC[C@H]1N. The molecule has 0 aromatic heterocycles.